The van der Waals surface area contributed by atoms with Crippen molar-refractivity contribution < 1.29 is 4.74 Å². The maximum atomic E-state index is 5.89. The summed E-state index contributed by atoms with van der Waals surface area (Å²) in [6.45, 7) is 8.33. The molecule has 3 aliphatic rings. The quantitative estimate of drug-likeness (QED) is 0.659. The van der Waals surface area contributed by atoms with E-state index in [1.165, 1.54) is 44.9 Å². The Morgan fingerprint density at radius 3 is 2.71 bits per heavy atom. The molecule has 0 amide bonds. The molecule has 17 heavy (non-hydrogen) atoms. The van der Waals surface area contributed by atoms with Gasteiger partial charge < -0.3 is 4.74 Å². The van der Waals surface area contributed by atoms with Gasteiger partial charge in [-0.2, -0.15) is 0 Å². The summed E-state index contributed by atoms with van der Waals surface area (Å²) in [6.07, 6.45) is 10.0. The molecule has 0 aromatic heterocycles. The Hall–Kier alpha value is -0.0400. The normalized spacial score (nSPS) is 48.7. The molecule has 0 N–H and O–H groups in total. The zero-order chi connectivity index (χ0) is 12.1. The van der Waals surface area contributed by atoms with Crippen molar-refractivity contribution in [3.05, 3.63) is 0 Å². The monoisotopic (exact) mass is 236 g/mol. The molecule has 0 aromatic carbocycles. The van der Waals surface area contributed by atoms with Crippen LogP contribution in [0.3, 0.4) is 0 Å². The van der Waals surface area contributed by atoms with Gasteiger partial charge in [-0.1, -0.05) is 40.0 Å². The fourth-order valence-corrected chi connectivity index (χ4v) is 4.44. The lowest BCUT2D eigenvalue weighted by Crippen LogP contribution is -2.35. The van der Waals surface area contributed by atoms with Crippen LogP contribution >= 0.6 is 0 Å². The predicted octanol–water partition coefficient (Wildman–Crippen LogP) is 4.41. The molecule has 1 unspecified atom stereocenters. The summed E-state index contributed by atoms with van der Waals surface area (Å²) in [5, 5.41) is 0. The molecule has 1 saturated heterocycles. The van der Waals surface area contributed by atoms with Gasteiger partial charge in [0.1, 0.15) is 0 Å². The largest absolute Gasteiger partial charge is 0.369 e. The Morgan fingerprint density at radius 1 is 1.29 bits per heavy atom. The first-order valence-electron chi connectivity index (χ1n) is 7.71. The third kappa shape index (κ3) is 2.05. The minimum absolute atomic E-state index is 0.361. The highest BCUT2D eigenvalue weighted by atomic mass is 16.6. The van der Waals surface area contributed by atoms with Crippen molar-refractivity contribution in [3.8, 4) is 0 Å². The summed E-state index contributed by atoms with van der Waals surface area (Å²) in [5.41, 5.74) is 1.01. The van der Waals surface area contributed by atoms with Crippen LogP contribution < -0.4 is 0 Å². The SMILES string of the molecule is CC(C)CC[C@H]1C[C@]1(C)C1CCCC[C@]12CO2. The van der Waals surface area contributed by atoms with Gasteiger partial charge in [0, 0.05) is 0 Å². The molecule has 2 aliphatic carbocycles. The van der Waals surface area contributed by atoms with E-state index in [9.17, 15) is 0 Å². The minimum Gasteiger partial charge on any atom is -0.369 e. The van der Waals surface area contributed by atoms with Crippen LogP contribution in [-0.4, -0.2) is 12.2 Å². The molecule has 1 heterocycles. The molecule has 0 bridgehead atoms. The van der Waals surface area contributed by atoms with Gasteiger partial charge >= 0.3 is 0 Å². The Bertz CT molecular complexity index is 292. The molecule has 0 radical (unpaired) electrons. The first-order valence-corrected chi connectivity index (χ1v) is 7.71. The first kappa shape index (κ1) is 12.0. The van der Waals surface area contributed by atoms with Gasteiger partial charge in [-0.25, -0.2) is 0 Å². The van der Waals surface area contributed by atoms with Crippen LogP contribution in [0.4, 0.5) is 0 Å². The van der Waals surface area contributed by atoms with E-state index in [2.05, 4.69) is 20.8 Å². The van der Waals surface area contributed by atoms with Crippen molar-refractivity contribution >= 4 is 0 Å². The molecular weight excluding hydrogens is 208 g/mol. The number of rotatable bonds is 4. The fourth-order valence-electron chi connectivity index (χ4n) is 4.44. The molecule has 1 heteroatoms. The fraction of sp³-hybridized carbons (Fsp3) is 1.00. The zero-order valence-corrected chi connectivity index (χ0v) is 11.8. The molecule has 98 valence electrons. The lowest BCUT2D eigenvalue weighted by atomic mass is 9.70. The molecule has 3 rings (SSSR count). The van der Waals surface area contributed by atoms with Crippen LogP contribution in [0.2, 0.25) is 0 Å². The van der Waals surface area contributed by atoms with E-state index >= 15 is 0 Å². The highest BCUT2D eigenvalue weighted by Gasteiger charge is 2.65. The van der Waals surface area contributed by atoms with E-state index in [1.54, 1.807) is 0 Å². The Morgan fingerprint density at radius 2 is 2.06 bits per heavy atom. The summed E-state index contributed by atoms with van der Waals surface area (Å²) < 4.78 is 5.89. The second kappa shape index (κ2) is 3.98. The zero-order valence-electron chi connectivity index (χ0n) is 11.8. The van der Waals surface area contributed by atoms with Crippen LogP contribution in [0.15, 0.2) is 0 Å². The standard InChI is InChI=1S/C16H28O/c1-12(2)7-8-13-10-15(13,3)14-6-4-5-9-16(14)11-17-16/h12-14H,4-11H2,1-3H3/t13-,14?,15-,16-/m0/s1. The van der Waals surface area contributed by atoms with Gasteiger partial charge in [0.05, 0.1) is 12.2 Å². The molecular formula is C16H28O. The highest BCUT2D eigenvalue weighted by molar-refractivity contribution is 5.14. The van der Waals surface area contributed by atoms with Gasteiger partial charge in [0.15, 0.2) is 0 Å². The molecule has 1 aliphatic heterocycles. The van der Waals surface area contributed by atoms with Crippen molar-refractivity contribution in [3.63, 3.8) is 0 Å². The molecule has 3 fully saturated rings. The van der Waals surface area contributed by atoms with E-state index in [0.717, 1.165) is 24.4 Å². The second-order valence-electron chi connectivity index (χ2n) is 7.53. The topological polar surface area (TPSA) is 12.5 Å². The highest BCUT2D eigenvalue weighted by Crippen LogP contribution is 2.67. The summed E-state index contributed by atoms with van der Waals surface area (Å²) in [4.78, 5) is 0. The van der Waals surface area contributed by atoms with E-state index in [-0.39, 0.29) is 0 Å². The summed E-state index contributed by atoms with van der Waals surface area (Å²) in [6, 6.07) is 0. The van der Waals surface area contributed by atoms with E-state index in [1.807, 2.05) is 0 Å². The van der Waals surface area contributed by atoms with E-state index < -0.39 is 0 Å². The van der Waals surface area contributed by atoms with Gasteiger partial charge in [0.2, 0.25) is 0 Å². The molecule has 0 aromatic rings. The van der Waals surface area contributed by atoms with Crippen molar-refractivity contribution in [1.82, 2.24) is 0 Å². The Balaban J connectivity index is 1.61. The van der Waals surface area contributed by atoms with Gasteiger partial charge in [-0.15, -0.1) is 0 Å². The third-order valence-corrected chi connectivity index (χ3v) is 5.84. The van der Waals surface area contributed by atoms with E-state index in [0.29, 0.717) is 11.0 Å². The lowest BCUT2D eigenvalue weighted by Gasteiger charge is -2.35. The number of epoxide rings is 1. The van der Waals surface area contributed by atoms with Crippen LogP contribution in [0.5, 0.6) is 0 Å². The molecule has 2 saturated carbocycles. The van der Waals surface area contributed by atoms with Crippen molar-refractivity contribution in [1.29, 1.82) is 0 Å². The van der Waals surface area contributed by atoms with Crippen LogP contribution in [-0.2, 0) is 4.74 Å². The first-order chi connectivity index (χ1) is 8.07. The summed E-state index contributed by atoms with van der Waals surface area (Å²) in [7, 11) is 0. The third-order valence-electron chi connectivity index (χ3n) is 5.84. The van der Waals surface area contributed by atoms with Gasteiger partial charge in [-0.3, -0.25) is 0 Å². The molecule has 1 nitrogen and oxygen atoms in total. The Kier molecular flexibility index (Phi) is 2.81. The second-order valence-corrected chi connectivity index (χ2v) is 7.53. The minimum atomic E-state index is 0.361. The summed E-state index contributed by atoms with van der Waals surface area (Å²) in [5.74, 6) is 2.77. The Labute approximate surface area is 106 Å². The van der Waals surface area contributed by atoms with Gasteiger partial charge in [-0.05, 0) is 48.9 Å². The van der Waals surface area contributed by atoms with Crippen LogP contribution in [0.25, 0.3) is 0 Å². The molecule has 1 spiro atoms. The number of ether oxygens (including phenoxy) is 1. The average Bonchev–Trinajstić information content (AvgIpc) is 3.17. The predicted molar refractivity (Wildman–Crippen MR) is 70.9 cm³/mol. The lowest BCUT2D eigenvalue weighted by molar-refractivity contribution is 0.0944. The van der Waals surface area contributed by atoms with Crippen molar-refractivity contribution in [2.24, 2.45) is 23.2 Å². The van der Waals surface area contributed by atoms with Gasteiger partial charge in [0.25, 0.3) is 0 Å². The van der Waals surface area contributed by atoms with Crippen molar-refractivity contribution in [2.75, 3.05) is 6.61 Å². The van der Waals surface area contributed by atoms with Crippen LogP contribution in [0.1, 0.15) is 65.7 Å². The molecule has 4 atom stereocenters. The number of hydrogen-bond donors (Lipinski definition) is 0. The van der Waals surface area contributed by atoms with E-state index in [4.69, 9.17) is 4.74 Å². The van der Waals surface area contributed by atoms with Crippen molar-refractivity contribution in [2.45, 2.75) is 71.3 Å². The maximum Gasteiger partial charge on any atom is 0.0949 e. The average molecular weight is 236 g/mol. The maximum absolute atomic E-state index is 5.89. The smallest absolute Gasteiger partial charge is 0.0949 e. The summed E-state index contributed by atoms with van der Waals surface area (Å²) >= 11 is 0. The number of hydrogen-bond acceptors (Lipinski definition) is 1. The van der Waals surface area contributed by atoms with Crippen LogP contribution in [0, 0.1) is 23.2 Å².